The monoisotopic (exact) mass is 245 g/mol. The van der Waals surface area contributed by atoms with Gasteiger partial charge in [-0.1, -0.05) is 0 Å². The molecule has 0 aliphatic rings. The fourth-order valence-electron chi connectivity index (χ4n) is 0. The summed E-state index contributed by atoms with van der Waals surface area (Å²) in [5, 5.41) is 0. The fourth-order valence-corrected chi connectivity index (χ4v) is 0. The summed E-state index contributed by atoms with van der Waals surface area (Å²) in [5.41, 5.74) is 0. The van der Waals surface area contributed by atoms with Crippen LogP contribution in [-0.4, -0.2) is 13.0 Å². The van der Waals surface area contributed by atoms with Gasteiger partial charge in [0.05, 0.1) is 0 Å². The van der Waals surface area contributed by atoms with Gasteiger partial charge in [0.2, 0.25) is 0 Å². The van der Waals surface area contributed by atoms with E-state index in [0.29, 0.717) is 0 Å². The van der Waals surface area contributed by atoms with E-state index in [1.807, 2.05) is 0 Å². The molecule has 0 aromatic heterocycles. The van der Waals surface area contributed by atoms with E-state index >= 15 is 0 Å². The molecule has 0 amide bonds. The number of hydrogen-bond donors (Lipinski definition) is 1. The molecule has 8 heteroatoms. The number of rotatable bonds is 1. The van der Waals surface area contributed by atoms with E-state index < -0.39 is 25.0 Å². The molecule has 0 radical (unpaired) electrons. The van der Waals surface area contributed by atoms with E-state index in [9.17, 15) is 9.07 Å². The van der Waals surface area contributed by atoms with Gasteiger partial charge in [-0.2, -0.15) is 0 Å². The Morgan fingerprint density at radius 3 is 1.38 bits per heavy atom. The predicted molar refractivity (Wildman–Crippen MR) is 14.9 cm³/mol. The van der Waals surface area contributed by atoms with Crippen molar-refractivity contribution in [2.24, 2.45) is 0 Å². The first kappa shape index (κ1) is 8.44. The molecule has 0 aromatic carbocycles. The summed E-state index contributed by atoms with van der Waals surface area (Å²) in [6.07, 6.45) is 0. The van der Waals surface area contributed by atoms with Gasteiger partial charge in [0, 0.05) is 0 Å². The Morgan fingerprint density at radius 2 is 1.38 bits per heavy atom. The predicted octanol–water partition coefficient (Wildman–Crippen LogP) is 0.597. The van der Waals surface area contributed by atoms with Crippen LogP contribution in [-0.2, 0) is 25.0 Å². The molecular weight excluding hydrogens is 245 g/mol. The van der Waals surface area contributed by atoms with Gasteiger partial charge in [-0.3, -0.25) is 0 Å². The summed E-state index contributed by atoms with van der Waals surface area (Å²) in [4.78, 5) is 0. The molecule has 0 aromatic rings. The summed E-state index contributed by atoms with van der Waals surface area (Å²) >= 11 is -6.84. The molecule has 0 aliphatic carbocycles. The summed E-state index contributed by atoms with van der Waals surface area (Å²) < 4.78 is 58.1. The minimum absolute atomic E-state index is 5.70. The Morgan fingerprint density at radius 1 is 1.25 bits per heavy atom. The molecule has 0 heterocycles. The third-order valence-corrected chi connectivity index (χ3v) is 3.13. The van der Waals surface area contributed by atoms with Gasteiger partial charge in [-0.05, 0) is 0 Å². The normalized spacial score (nSPS) is 16.0. The molecular formula is HAgF3O3S. The summed E-state index contributed by atoms with van der Waals surface area (Å²) in [6.45, 7) is 0. The Balaban J connectivity index is 4.53. The molecule has 0 bridgehead atoms. The standard InChI is InChI=1S/Ag.3FH.HO3S/c;;;;1-4(2)3/h;3*1H;(H,1,2,3)/q+3;;;;/p-3. The van der Waals surface area contributed by atoms with Crippen molar-refractivity contribution in [3.63, 3.8) is 0 Å². The van der Waals surface area contributed by atoms with Crippen LogP contribution >= 0.6 is 0 Å². The van der Waals surface area contributed by atoms with E-state index in [1.54, 1.807) is 0 Å². The zero-order chi connectivity index (χ0) is 7.00. The molecule has 0 fully saturated rings. The van der Waals surface area contributed by atoms with Gasteiger partial charge in [0.15, 0.2) is 0 Å². The Bertz CT molecular complexity index is 163. The summed E-state index contributed by atoms with van der Waals surface area (Å²) in [6, 6.07) is 0. The van der Waals surface area contributed by atoms with E-state index in [0.717, 1.165) is 0 Å². The maximum absolute atomic E-state index is 10.9. The van der Waals surface area contributed by atoms with E-state index in [-0.39, 0.29) is 0 Å². The Hall–Kier alpha value is 0.440. The zero-order valence-corrected chi connectivity index (χ0v) is 5.41. The van der Waals surface area contributed by atoms with E-state index in [2.05, 4.69) is 0 Å². The molecule has 0 atom stereocenters. The van der Waals surface area contributed by atoms with Crippen molar-refractivity contribution < 1.29 is 39.5 Å². The second-order valence-corrected chi connectivity index (χ2v) is 6.65. The Labute approximate surface area is 47.5 Å². The second-order valence-electron chi connectivity index (χ2n) is 0.641. The van der Waals surface area contributed by atoms with Crippen LogP contribution in [0.2, 0.25) is 0 Å². The van der Waals surface area contributed by atoms with Crippen molar-refractivity contribution in [2.75, 3.05) is 0 Å². The van der Waals surface area contributed by atoms with Crippen molar-refractivity contribution in [2.45, 2.75) is 0 Å². The molecule has 1 N–H and O–H groups in total. The maximum atomic E-state index is 10.9. The van der Waals surface area contributed by atoms with Crippen LogP contribution in [0.5, 0.6) is 0 Å². The first-order chi connectivity index (χ1) is 3.25. The SMILES string of the molecule is O=[S](=O)(O)[Ag]([F])([F])[F]. The van der Waals surface area contributed by atoms with Crippen LogP contribution in [0.15, 0.2) is 0 Å². The fraction of sp³-hybridized carbons (Fsp3) is 0. The van der Waals surface area contributed by atoms with Gasteiger partial charge >= 0.3 is 47.1 Å². The van der Waals surface area contributed by atoms with Crippen molar-refractivity contribution in [1.29, 1.82) is 0 Å². The van der Waals surface area contributed by atoms with Crippen LogP contribution in [0.1, 0.15) is 0 Å². The van der Waals surface area contributed by atoms with Crippen LogP contribution < -0.4 is 0 Å². The first-order valence-corrected chi connectivity index (χ1v) is 5.75. The number of hydrogen-bond acceptors (Lipinski definition) is 2. The zero-order valence-electron chi connectivity index (χ0n) is 3.11. The quantitative estimate of drug-likeness (QED) is 0.544. The van der Waals surface area contributed by atoms with Crippen molar-refractivity contribution >= 4 is 7.58 Å². The molecule has 0 saturated carbocycles. The van der Waals surface area contributed by atoms with E-state index in [1.165, 1.54) is 0 Å². The third kappa shape index (κ3) is 2.14. The number of halogens is 3. The molecule has 3 nitrogen and oxygen atoms in total. The molecule has 57 valence electrons. The average molecular weight is 246 g/mol. The minimum atomic E-state index is -6.84. The van der Waals surface area contributed by atoms with Crippen LogP contribution in [0.25, 0.3) is 0 Å². The third-order valence-electron chi connectivity index (χ3n) is 0.176. The van der Waals surface area contributed by atoms with E-state index in [4.69, 9.17) is 13.0 Å². The molecule has 8 heavy (non-hydrogen) atoms. The van der Waals surface area contributed by atoms with Gasteiger partial charge in [-0.25, -0.2) is 0 Å². The van der Waals surface area contributed by atoms with Gasteiger partial charge in [-0.15, -0.1) is 0 Å². The first-order valence-electron chi connectivity index (χ1n) is 0.981. The van der Waals surface area contributed by atoms with Crippen LogP contribution in [0.4, 0.5) is 9.07 Å². The molecule has 0 rings (SSSR count). The Kier molecular flexibility index (Phi) is 2.10. The topological polar surface area (TPSA) is 54.4 Å². The van der Waals surface area contributed by atoms with Crippen LogP contribution in [0, 0.1) is 0 Å². The van der Waals surface area contributed by atoms with Crippen molar-refractivity contribution in [3.8, 4) is 0 Å². The summed E-state index contributed by atoms with van der Waals surface area (Å²) in [7, 11) is -5.70. The molecule has 0 saturated heterocycles. The van der Waals surface area contributed by atoms with Gasteiger partial charge in [0.25, 0.3) is 0 Å². The molecule has 0 unspecified atom stereocenters. The molecule has 0 aliphatic heterocycles. The van der Waals surface area contributed by atoms with Crippen molar-refractivity contribution in [1.82, 2.24) is 0 Å². The molecule has 0 spiro atoms. The summed E-state index contributed by atoms with van der Waals surface area (Å²) in [5.74, 6) is 0. The average Bonchev–Trinajstić information content (AvgIpc) is 1.25. The second kappa shape index (κ2) is 1.99. The van der Waals surface area contributed by atoms with Crippen molar-refractivity contribution in [3.05, 3.63) is 0 Å². The van der Waals surface area contributed by atoms with Crippen LogP contribution in [0.3, 0.4) is 0 Å². The van der Waals surface area contributed by atoms with Gasteiger partial charge in [0.1, 0.15) is 0 Å². The van der Waals surface area contributed by atoms with Gasteiger partial charge < -0.3 is 0 Å².